The van der Waals surface area contributed by atoms with E-state index in [1.165, 1.54) is 12.5 Å². The summed E-state index contributed by atoms with van der Waals surface area (Å²) in [6.45, 7) is 0. The third-order valence-corrected chi connectivity index (χ3v) is 3.14. The predicted molar refractivity (Wildman–Crippen MR) is 74.6 cm³/mol. The van der Waals surface area contributed by atoms with Gasteiger partial charge in [0.1, 0.15) is 0 Å². The van der Waals surface area contributed by atoms with Gasteiger partial charge in [0, 0.05) is 17.5 Å². The Balaban J connectivity index is 1.93. The van der Waals surface area contributed by atoms with E-state index in [0.29, 0.717) is 5.69 Å². The van der Waals surface area contributed by atoms with Gasteiger partial charge in [-0.05, 0) is 37.9 Å². The van der Waals surface area contributed by atoms with Crippen molar-refractivity contribution in [2.75, 3.05) is 0 Å². The first kappa shape index (κ1) is 13.7. The van der Waals surface area contributed by atoms with Crippen LogP contribution in [0, 0.1) is 4.77 Å². The normalized spacial score (nSPS) is 15.1. The van der Waals surface area contributed by atoms with E-state index < -0.39 is 0 Å². The molecule has 1 aliphatic carbocycles. The van der Waals surface area contributed by atoms with E-state index in [9.17, 15) is 9.59 Å². The Labute approximate surface area is 115 Å². The van der Waals surface area contributed by atoms with Gasteiger partial charge in [0.25, 0.3) is 5.56 Å². The highest BCUT2D eigenvalue weighted by molar-refractivity contribution is 7.71. The number of hydrogen-bond donors (Lipinski definition) is 3. The summed E-state index contributed by atoms with van der Waals surface area (Å²) in [5, 5.41) is 4.12. The number of H-pyrrole nitrogens is 2. The van der Waals surface area contributed by atoms with Gasteiger partial charge in [-0.25, -0.2) is 5.43 Å². The molecule has 1 fully saturated rings. The van der Waals surface area contributed by atoms with Crippen LogP contribution in [-0.2, 0) is 11.2 Å². The molecule has 1 aliphatic rings. The first-order valence-corrected chi connectivity index (χ1v) is 6.71. The van der Waals surface area contributed by atoms with E-state index >= 15 is 0 Å². The molecule has 0 atom stereocenters. The van der Waals surface area contributed by atoms with Crippen LogP contribution < -0.4 is 11.0 Å². The fourth-order valence-electron chi connectivity index (χ4n) is 2.04. The van der Waals surface area contributed by atoms with Gasteiger partial charge in [-0.2, -0.15) is 5.10 Å². The summed E-state index contributed by atoms with van der Waals surface area (Å²) in [6.07, 6.45) is 5.47. The van der Waals surface area contributed by atoms with Crippen molar-refractivity contribution in [1.82, 2.24) is 15.4 Å². The van der Waals surface area contributed by atoms with Gasteiger partial charge in [-0.15, -0.1) is 0 Å². The van der Waals surface area contributed by atoms with Crippen molar-refractivity contribution in [3.05, 3.63) is 26.9 Å². The second-order valence-electron chi connectivity index (χ2n) is 4.56. The highest BCUT2D eigenvalue weighted by Crippen LogP contribution is 2.14. The van der Waals surface area contributed by atoms with Gasteiger partial charge >= 0.3 is 0 Å². The van der Waals surface area contributed by atoms with Crippen LogP contribution in [0.2, 0.25) is 0 Å². The van der Waals surface area contributed by atoms with Gasteiger partial charge < -0.3 is 4.98 Å². The molecule has 0 unspecified atom stereocenters. The zero-order valence-electron chi connectivity index (χ0n) is 10.5. The lowest BCUT2D eigenvalue weighted by atomic mass is 9.99. The minimum Gasteiger partial charge on any atom is -0.335 e. The Bertz CT molecular complexity index is 566. The van der Waals surface area contributed by atoms with E-state index in [4.69, 9.17) is 12.2 Å². The van der Waals surface area contributed by atoms with Crippen molar-refractivity contribution in [2.24, 2.45) is 5.10 Å². The quantitative estimate of drug-likeness (QED) is 0.577. The molecule has 0 spiro atoms. The van der Waals surface area contributed by atoms with Crippen molar-refractivity contribution in [3.8, 4) is 0 Å². The summed E-state index contributed by atoms with van der Waals surface area (Å²) in [5.41, 5.74) is 3.73. The van der Waals surface area contributed by atoms with E-state index in [1.807, 2.05) is 0 Å². The zero-order chi connectivity index (χ0) is 13.7. The van der Waals surface area contributed by atoms with Crippen LogP contribution in [-0.4, -0.2) is 21.6 Å². The van der Waals surface area contributed by atoms with Crippen LogP contribution in [0.1, 0.15) is 37.8 Å². The third kappa shape index (κ3) is 4.44. The molecule has 2 rings (SSSR count). The van der Waals surface area contributed by atoms with Crippen molar-refractivity contribution >= 4 is 23.8 Å². The lowest BCUT2D eigenvalue weighted by molar-refractivity contribution is -0.120. The summed E-state index contributed by atoms with van der Waals surface area (Å²) in [7, 11) is 0. The molecule has 1 saturated carbocycles. The molecule has 0 bridgehead atoms. The lowest BCUT2D eigenvalue weighted by Gasteiger charge is -2.11. The molecular formula is C12H16N4O2S. The maximum Gasteiger partial charge on any atom is 0.251 e. The summed E-state index contributed by atoms with van der Waals surface area (Å²) in [4.78, 5) is 28.1. The Morgan fingerprint density at radius 1 is 1.32 bits per heavy atom. The summed E-state index contributed by atoms with van der Waals surface area (Å²) in [6, 6.07) is 1.32. The molecular weight excluding hydrogens is 264 g/mol. The van der Waals surface area contributed by atoms with Gasteiger partial charge in [0.15, 0.2) is 4.77 Å². The van der Waals surface area contributed by atoms with Gasteiger partial charge in [-0.1, -0.05) is 6.42 Å². The summed E-state index contributed by atoms with van der Waals surface area (Å²) < 4.78 is 0.217. The Kier molecular flexibility index (Phi) is 4.62. The number of hydrazone groups is 1. The fourth-order valence-corrected chi connectivity index (χ4v) is 2.27. The number of aromatic amines is 2. The lowest BCUT2D eigenvalue weighted by Crippen LogP contribution is -2.23. The average molecular weight is 280 g/mol. The highest BCUT2D eigenvalue weighted by Gasteiger charge is 2.08. The number of amides is 1. The van der Waals surface area contributed by atoms with Crippen LogP contribution in [0.15, 0.2) is 16.0 Å². The van der Waals surface area contributed by atoms with E-state index in [2.05, 4.69) is 20.5 Å². The smallest absolute Gasteiger partial charge is 0.251 e. The Morgan fingerprint density at radius 2 is 2.05 bits per heavy atom. The van der Waals surface area contributed by atoms with Crippen LogP contribution >= 0.6 is 12.2 Å². The molecule has 0 aliphatic heterocycles. The number of nitrogens with zero attached hydrogens (tertiary/aromatic N) is 1. The zero-order valence-corrected chi connectivity index (χ0v) is 11.3. The maximum absolute atomic E-state index is 11.7. The first-order chi connectivity index (χ1) is 9.13. The second-order valence-corrected chi connectivity index (χ2v) is 4.97. The van der Waals surface area contributed by atoms with E-state index in [1.54, 1.807) is 0 Å². The Hall–Kier alpha value is -1.76. The third-order valence-electron chi connectivity index (χ3n) is 2.94. The number of hydrogen-bond acceptors (Lipinski definition) is 4. The molecule has 102 valence electrons. The van der Waals surface area contributed by atoms with Crippen molar-refractivity contribution < 1.29 is 4.79 Å². The predicted octanol–water partition coefficient (Wildman–Crippen LogP) is 1.41. The van der Waals surface area contributed by atoms with Gasteiger partial charge in [0.2, 0.25) is 5.91 Å². The number of aromatic nitrogens is 2. The van der Waals surface area contributed by atoms with Gasteiger partial charge in [-0.3, -0.25) is 14.6 Å². The van der Waals surface area contributed by atoms with Crippen molar-refractivity contribution in [2.45, 2.75) is 38.5 Å². The molecule has 0 aromatic carbocycles. The second kappa shape index (κ2) is 6.42. The highest BCUT2D eigenvalue weighted by atomic mass is 32.1. The summed E-state index contributed by atoms with van der Waals surface area (Å²) >= 11 is 4.84. The minimum absolute atomic E-state index is 0.0599. The topological polar surface area (TPSA) is 90.1 Å². The maximum atomic E-state index is 11.7. The molecule has 6 nitrogen and oxygen atoms in total. The SMILES string of the molecule is O=C(Cc1cc(=O)[nH]c(=S)[nH]1)NN=C1CCCCC1. The van der Waals surface area contributed by atoms with E-state index in [0.717, 1.165) is 31.4 Å². The molecule has 19 heavy (non-hydrogen) atoms. The van der Waals surface area contributed by atoms with Crippen molar-refractivity contribution in [3.63, 3.8) is 0 Å². The largest absolute Gasteiger partial charge is 0.335 e. The monoisotopic (exact) mass is 280 g/mol. The van der Waals surface area contributed by atoms with Crippen LogP contribution in [0.5, 0.6) is 0 Å². The van der Waals surface area contributed by atoms with E-state index in [-0.39, 0.29) is 22.7 Å². The standard InChI is InChI=1S/C12H16N4O2S/c17-10-6-9(13-12(19)14-10)7-11(18)16-15-8-4-2-1-3-5-8/h6H,1-5,7H2,(H,16,18)(H2,13,14,17,19). The molecule has 0 radical (unpaired) electrons. The van der Waals surface area contributed by atoms with Gasteiger partial charge in [0.05, 0.1) is 6.42 Å². The van der Waals surface area contributed by atoms with Crippen molar-refractivity contribution in [1.29, 1.82) is 0 Å². The number of carbonyl (C=O) groups is 1. The average Bonchev–Trinajstić information content (AvgIpc) is 2.36. The number of carbonyl (C=O) groups excluding carboxylic acids is 1. The van der Waals surface area contributed by atoms with Crippen LogP contribution in [0.25, 0.3) is 0 Å². The summed E-state index contributed by atoms with van der Waals surface area (Å²) in [5.74, 6) is -0.255. The number of rotatable bonds is 3. The first-order valence-electron chi connectivity index (χ1n) is 6.30. The molecule has 1 aromatic heterocycles. The molecule has 1 amide bonds. The van der Waals surface area contributed by atoms with Crippen LogP contribution in [0.4, 0.5) is 0 Å². The molecule has 1 aromatic rings. The molecule has 0 saturated heterocycles. The minimum atomic E-state index is -0.315. The Morgan fingerprint density at radius 3 is 2.74 bits per heavy atom. The fraction of sp³-hybridized carbons (Fsp3) is 0.500. The number of nitrogens with one attached hydrogen (secondary N) is 3. The molecule has 1 heterocycles. The molecule has 7 heteroatoms. The van der Waals surface area contributed by atoms with Crippen LogP contribution in [0.3, 0.4) is 0 Å². The molecule has 3 N–H and O–H groups in total.